The Morgan fingerprint density at radius 1 is 0.451 bits per heavy atom. The number of hydrogen-bond acceptors (Lipinski definition) is 2. The van der Waals surface area contributed by atoms with Gasteiger partial charge in [-0.2, -0.15) is 0 Å². The van der Waals surface area contributed by atoms with Crippen molar-refractivity contribution in [2.75, 3.05) is 4.90 Å². The zero-order chi connectivity index (χ0) is 34.1. The smallest absolute Gasteiger partial charge is 0.0640 e. The molecule has 1 aromatic heterocycles. The molecule has 0 N–H and O–H groups in total. The summed E-state index contributed by atoms with van der Waals surface area (Å²) in [6, 6.07) is 64.8. The fraction of sp³-hybridized carbons (Fsp3) is 0.0612. The Balaban J connectivity index is 1.17. The molecule has 0 amide bonds. The van der Waals surface area contributed by atoms with E-state index in [1.807, 2.05) is 11.3 Å². The van der Waals surface area contributed by atoms with E-state index >= 15 is 0 Å². The minimum Gasteiger partial charge on any atom is -0.309 e. The quantitative estimate of drug-likeness (QED) is 0.176. The topological polar surface area (TPSA) is 3.24 Å². The average molecular weight is 670 g/mol. The van der Waals surface area contributed by atoms with Crippen molar-refractivity contribution >= 4 is 59.3 Å². The van der Waals surface area contributed by atoms with Crippen molar-refractivity contribution in [3.8, 4) is 33.4 Å². The minimum atomic E-state index is -0.0923. The Morgan fingerprint density at radius 3 is 1.98 bits per heavy atom. The lowest BCUT2D eigenvalue weighted by Gasteiger charge is -2.28. The molecule has 0 saturated heterocycles. The van der Waals surface area contributed by atoms with Crippen LogP contribution in [0.2, 0.25) is 0 Å². The monoisotopic (exact) mass is 669 g/mol. The molecule has 1 aliphatic carbocycles. The third-order valence-corrected chi connectivity index (χ3v) is 12.1. The van der Waals surface area contributed by atoms with E-state index in [1.54, 1.807) is 0 Å². The van der Waals surface area contributed by atoms with Crippen LogP contribution in [-0.2, 0) is 5.41 Å². The molecule has 1 nitrogen and oxygen atoms in total. The lowest BCUT2D eigenvalue weighted by molar-refractivity contribution is 0.660. The van der Waals surface area contributed by atoms with E-state index in [9.17, 15) is 0 Å². The first-order valence-electron chi connectivity index (χ1n) is 17.7. The molecular weight excluding hydrogens is 635 g/mol. The largest absolute Gasteiger partial charge is 0.309 e. The summed E-state index contributed by atoms with van der Waals surface area (Å²) in [4.78, 5) is 2.47. The van der Waals surface area contributed by atoms with E-state index in [0.29, 0.717) is 0 Å². The maximum absolute atomic E-state index is 2.47. The fourth-order valence-corrected chi connectivity index (χ4v) is 9.59. The first kappa shape index (κ1) is 29.9. The van der Waals surface area contributed by atoms with Gasteiger partial charge in [0.25, 0.3) is 0 Å². The van der Waals surface area contributed by atoms with Crippen LogP contribution in [0.5, 0.6) is 0 Å². The molecule has 0 saturated carbocycles. The molecule has 0 spiro atoms. The van der Waals surface area contributed by atoms with Crippen molar-refractivity contribution in [1.29, 1.82) is 0 Å². The maximum atomic E-state index is 2.47. The molecule has 2 heteroatoms. The number of rotatable bonds is 5. The standard InChI is InChI=1S/C49H35NS/c1-49(2)43-20-10-8-17-39(43)40-30-28-36(31-44(40)49)50(45-21-12-19-42-41-18-9-11-22-46(41)51-48(42)45)35-26-23-33(24-27-35)38-29-25-32-13-6-7-16-37(32)47(38)34-14-4-3-5-15-34/h3-31H,1-2H3. The molecule has 1 aliphatic rings. The van der Waals surface area contributed by atoms with Crippen LogP contribution in [0.4, 0.5) is 17.1 Å². The molecule has 1 heterocycles. The van der Waals surface area contributed by atoms with E-state index < -0.39 is 0 Å². The van der Waals surface area contributed by atoms with E-state index in [-0.39, 0.29) is 5.41 Å². The molecule has 8 aromatic carbocycles. The molecule has 0 bridgehead atoms. The lowest BCUT2D eigenvalue weighted by atomic mass is 9.82. The van der Waals surface area contributed by atoms with Gasteiger partial charge in [-0.25, -0.2) is 0 Å². The first-order valence-corrected chi connectivity index (χ1v) is 18.5. The van der Waals surface area contributed by atoms with Crippen molar-refractivity contribution in [3.05, 3.63) is 187 Å². The molecule has 10 rings (SSSR count). The molecule has 0 fully saturated rings. The maximum Gasteiger partial charge on any atom is 0.0640 e. The number of anilines is 3. The fourth-order valence-electron chi connectivity index (χ4n) is 8.38. The van der Waals surface area contributed by atoms with Gasteiger partial charge in [-0.1, -0.05) is 153 Å². The summed E-state index contributed by atoms with van der Waals surface area (Å²) in [5.74, 6) is 0. The van der Waals surface area contributed by atoms with Crippen LogP contribution in [-0.4, -0.2) is 0 Å². The summed E-state index contributed by atoms with van der Waals surface area (Å²) >= 11 is 1.88. The molecule has 0 aliphatic heterocycles. The predicted molar refractivity (Wildman–Crippen MR) is 220 cm³/mol. The van der Waals surface area contributed by atoms with Crippen LogP contribution in [0, 0.1) is 0 Å². The zero-order valence-corrected chi connectivity index (χ0v) is 29.4. The normalized spacial score (nSPS) is 13.1. The van der Waals surface area contributed by atoms with Gasteiger partial charge in [0.1, 0.15) is 0 Å². The van der Waals surface area contributed by atoms with Gasteiger partial charge in [-0.05, 0) is 91.7 Å². The second-order valence-corrected chi connectivity index (χ2v) is 15.2. The number of nitrogens with zero attached hydrogens (tertiary/aromatic N) is 1. The number of fused-ring (bicyclic) bond motifs is 7. The van der Waals surface area contributed by atoms with Crippen molar-refractivity contribution in [2.24, 2.45) is 0 Å². The number of thiophene rings is 1. The van der Waals surface area contributed by atoms with Crippen LogP contribution < -0.4 is 4.90 Å². The highest BCUT2D eigenvalue weighted by molar-refractivity contribution is 7.26. The van der Waals surface area contributed by atoms with Gasteiger partial charge in [0, 0.05) is 32.3 Å². The van der Waals surface area contributed by atoms with Gasteiger partial charge in [-0.3, -0.25) is 0 Å². The van der Waals surface area contributed by atoms with Crippen LogP contribution in [0.1, 0.15) is 25.0 Å². The zero-order valence-electron chi connectivity index (χ0n) is 28.6. The lowest BCUT2D eigenvalue weighted by Crippen LogP contribution is -2.16. The number of hydrogen-bond donors (Lipinski definition) is 0. The molecular formula is C49H35NS. The highest BCUT2D eigenvalue weighted by atomic mass is 32.1. The molecule has 0 unspecified atom stereocenters. The summed E-state index contributed by atoms with van der Waals surface area (Å²) in [5.41, 5.74) is 13.8. The Morgan fingerprint density at radius 2 is 1.12 bits per heavy atom. The average Bonchev–Trinajstić information content (AvgIpc) is 3.68. The third kappa shape index (κ3) is 4.67. The highest BCUT2D eigenvalue weighted by Crippen LogP contribution is 2.52. The second kappa shape index (κ2) is 11.6. The van der Waals surface area contributed by atoms with Crippen LogP contribution >= 0.6 is 11.3 Å². The van der Waals surface area contributed by atoms with E-state index in [2.05, 4.69) is 195 Å². The van der Waals surface area contributed by atoms with Gasteiger partial charge < -0.3 is 4.90 Å². The summed E-state index contributed by atoms with van der Waals surface area (Å²) in [6.45, 7) is 4.72. The van der Waals surface area contributed by atoms with Crippen molar-refractivity contribution in [2.45, 2.75) is 19.3 Å². The van der Waals surface area contributed by atoms with Gasteiger partial charge in [0.2, 0.25) is 0 Å². The minimum absolute atomic E-state index is 0.0923. The van der Waals surface area contributed by atoms with Crippen LogP contribution in [0.25, 0.3) is 64.3 Å². The van der Waals surface area contributed by atoms with E-state index in [1.165, 1.54) is 86.8 Å². The summed E-state index contributed by atoms with van der Waals surface area (Å²) < 4.78 is 2.61. The van der Waals surface area contributed by atoms with Gasteiger partial charge in [-0.15, -0.1) is 11.3 Å². The van der Waals surface area contributed by atoms with Crippen molar-refractivity contribution < 1.29 is 0 Å². The van der Waals surface area contributed by atoms with E-state index in [0.717, 1.165) is 5.69 Å². The SMILES string of the molecule is CC1(C)c2ccccc2-c2ccc(N(c3ccc(-c4ccc5ccccc5c4-c4ccccc4)cc3)c3cccc4c3sc3ccccc34)cc21. The second-order valence-electron chi connectivity index (χ2n) is 14.1. The molecule has 9 aromatic rings. The number of benzene rings is 8. The van der Waals surface area contributed by atoms with Gasteiger partial charge >= 0.3 is 0 Å². The summed E-state index contributed by atoms with van der Waals surface area (Å²) in [7, 11) is 0. The predicted octanol–water partition coefficient (Wildman–Crippen LogP) is 14.3. The Bertz CT molecular complexity index is 2770. The first-order chi connectivity index (χ1) is 25.1. The molecule has 0 radical (unpaired) electrons. The molecule has 0 atom stereocenters. The molecule has 242 valence electrons. The summed E-state index contributed by atoms with van der Waals surface area (Å²) in [6.07, 6.45) is 0. The van der Waals surface area contributed by atoms with Gasteiger partial charge in [0.15, 0.2) is 0 Å². The van der Waals surface area contributed by atoms with Crippen LogP contribution in [0.3, 0.4) is 0 Å². The summed E-state index contributed by atoms with van der Waals surface area (Å²) in [5, 5.41) is 5.13. The van der Waals surface area contributed by atoms with Gasteiger partial charge in [0.05, 0.1) is 10.4 Å². The Kier molecular flexibility index (Phi) is 6.78. The van der Waals surface area contributed by atoms with Crippen molar-refractivity contribution in [3.63, 3.8) is 0 Å². The Hall–Kier alpha value is -5.96. The van der Waals surface area contributed by atoms with Crippen LogP contribution in [0.15, 0.2) is 176 Å². The van der Waals surface area contributed by atoms with Crippen molar-refractivity contribution in [1.82, 2.24) is 0 Å². The van der Waals surface area contributed by atoms with E-state index in [4.69, 9.17) is 0 Å². The Labute approximate surface area is 302 Å². The highest BCUT2D eigenvalue weighted by Gasteiger charge is 2.36. The third-order valence-electron chi connectivity index (χ3n) is 10.9. The molecule has 51 heavy (non-hydrogen) atoms.